The predicted octanol–water partition coefficient (Wildman–Crippen LogP) is -0.955. The summed E-state index contributed by atoms with van der Waals surface area (Å²) in [6.07, 6.45) is 0.486. The predicted molar refractivity (Wildman–Crippen MR) is 65.8 cm³/mol. The number of alkyl halides is 1. The molecule has 0 aliphatic carbocycles. The second-order valence-electron chi connectivity index (χ2n) is 4.73. The molecule has 8 nitrogen and oxygen atoms in total. The van der Waals surface area contributed by atoms with E-state index in [1.165, 1.54) is 0 Å². The molecule has 2 aliphatic rings. The van der Waals surface area contributed by atoms with Gasteiger partial charge in [0.25, 0.3) is 5.91 Å². The van der Waals surface area contributed by atoms with Crippen LogP contribution in [0.25, 0.3) is 0 Å². The number of carboxylic acids is 2. The van der Waals surface area contributed by atoms with E-state index in [4.69, 9.17) is 21.8 Å². The Labute approximate surface area is 118 Å². The Bertz CT molecular complexity index is 655. The molecular formula is C10H10ClNO7S. The summed E-state index contributed by atoms with van der Waals surface area (Å²) in [4.78, 5) is 34.4. The molecule has 1 amide bonds. The number of fused-ring (bicyclic) bond motifs is 1. The number of amides is 1. The highest BCUT2D eigenvalue weighted by atomic mass is 35.5. The third-order valence-corrected chi connectivity index (χ3v) is 7.03. The molecule has 2 heterocycles. The minimum Gasteiger partial charge on any atom is -0.480 e. The van der Waals surface area contributed by atoms with Crippen LogP contribution in [0.5, 0.6) is 0 Å². The number of halogens is 1. The summed E-state index contributed by atoms with van der Waals surface area (Å²) in [5.74, 6) is -4.41. The van der Waals surface area contributed by atoms with Gasteiger partial charge in [0.1, 0.15) is 4.75 Å². The first-order valence-corrected chi connectivity index (χ1v) is 7.47. The van der Waals surface area contributed by atoms with Gasteiger partial charge in [0.2, 0.25) is 0 Å². The van der Waals surface area contributed by atoms with E-state index >= 15 is 0 Å². The molecule has 0 aromatic carbocycles. The molecule has 2 aliphatic heterocycles. The quantitative estimate of drug-likeness (QED) is 0.389. The molecule has 110 valence electrons. The fraction of sp³-hybridized carbons (Fsp3) is 0.500. The molecule has 2 N–H and O–H groups in total. The Kier molecular flexibility index (Phi) is 3.10. The summed E-state index contributed by atoms with van der Waals surface area (Å²) in [7, 11) is -4.14. The van der Waals surface area contributed by atoms with Crippen LogP contribution in [0.15, 0.2) is 11.6 Å². The summed E-state index contributed by atoms with van der Waals surface area (Å²) >= 11 is 5.62. The number of β-lactam (4-membered cyclic amide) rings is 1. The molecule has 2 fully saturated rings. The van der Waals surface area contributed by atoms with Crippen molar-refractivity contribution in [3.05, 3.63) is 11.6 Å². The number of carboxylic acid groups (broad SMARTS) is 2. The van der Waals surface area contributed by atoms with Gasteiger partial charge in [-0.15, -0.1) is 11.6 Å². The van der Waals surface area contributed by atoms with E-state index in [9.17, 15) is 22.8 Å². The lowest BCUT2D eigenvalue weighted by Gasteiger charge is -2.37. The minimum atomic E-state index is -4.14. The van der Waals surface area contributed by atoms with Gasteiger partial charge in [-0.3, -0.25) is 4.79 Å². The molecule has 3 atom stereocenters. The average molecular weight is 324 g/mol. The maximum atomic E-state index is 12.4. The first-order valence-electron chi connectivity index (χ1n) is 5.39. The minimum absolute atomic E-state index is 0.447. The number of rotatable bonds is 3. The largest absolute Gasteiger partial charge is 0.480 e. The molecular weight excluding hydrogens is 314 g/mol. The Morgan fingerprint density at radius 2 is 2.00 bits per heavy atom. The van der Waals surface area contributed by atoms with Crippen LogP contribution >= 0.6 is 11.6 Å². The van der Waals surface area contributed by atoms with Gasteiger partial charge in [-0.05, 0) is 6.92 Å². The van der Waals surface area contributed by atoms with Gasteiger partial charge in [-0.1, -0.05) is 0 Å². The number of aliphatic carboxylic acids is 2. The SMILES string of the molecule is C[C@]1(CCl)[C@H](C(=O)O)N2C(=O)/C(=C\C(=O)O)[C@H]2S1(=O)=O. The number of carbonyl (C=O) groups excluding carboxylic acids is 1. The van der Waals surface area contributed by atoms with Crippen LogP contribution < -0.4 is 0 Å². The van der Waals surface area contributed by atoms with Crippen LogP contribution in [-0.4, -0.2) is 63.4 Å². The third kappa shape index (κ3) is 1.53. The van der Waals surface area contributed by atoms with Gasteiger partial charge in [0.15, 0.2) is 21.3 Å². The number of carbonyl (C=O) groups is 3. The molecule has 0 spiro atoms. The molecule has 0 aromatic rings. The zero-order chi connectivity index (χ0) is 15.5. The summed E-state index contributed by atoms with van der Waals surface area (Å²) in [5, 5.41) is 16.2. The summed E-state index contributed by atoms with van der Waals surface area (Å²) in [6.45, 7) is 1.14. The van der Waals surface area contributed by atoms with Crippen molar-refractivity contribution in [3.63, 3.8) is 0 Å². The molecule has 2 saturated heterocycles. The van der Waals surface area contributed by atoms with Gasteiger partial charge < -0.3 is 15.1 Å². The summed E-state index contributed by atoms with van der Waals surface area (Å²) in [6, 6.07) is -1.63. The fourth-order valence-electron chi connectivity index (χ4n) is 2.51. The van der Waals surface area contributed by atoms with E-state index in [-0.39, 0.29) is 0 Å². The maximum absolute atomic E-state index is 12.4. The normalized spacial score (nSPS) is 36.6. The van der Waals surface area contributed by atoms with Crippen molar-refractivity contribution in [1.29, 1.82) is 0 Å². The monoisotopic (exact) mass is 323 g/mol. The highest BCUT2D eigenvalue weighted by Gasteiger charge is 2.71. The Morgan fingerprint density at radius 3 is 2.40 bits per heavy atom. The number of hydrogen-bond donors (Lipinski definition) is 2. The van der Waals surface area contributed by atoms with E-state index in [1.54, 1.807) is 0 Å². The standard InChI is InChI=1S/C10H10ClNO7S/c1-10(3-11)6(9(16)17)12-7(15)4(2-5(13)14)8(12)20(10,18)19/h2,6,8H,3H2,1H3,(H,13,14)(H,16,17)/b4-2+/t6-,8+,10-/m0/s1. The van der Waals surface area contributed by atoms with Gasteiger partial charge in [-0.25, -0.2) is 18.0 Å². The molecule has 0 unspecified atom stereocenters. The van der Waals surface area contributed by atoms with Crippen molar-refractivity contribution in [1.82, 2.24) is 4.90 Å². The van der Waals surface area contributed by atoms with Crippen LogP contribution in [0, 0.1) is 0 Å². The smallest absolute Gasteiger partial charge is 0.328 e. The molecule has 2 rings (SSSR count). The maximum Gasteiger partial charge on any atom is 0.328 e. The topological polar surface area (TPSA) is 129 Å². The highest BCUT2D eigenvalue weighted by Crippen LogP contribution is 2.48. The zero-order valence-corrected chi connectivity index (χ0v) is 11.7. The van der Waals surface area contributed by atoms with E-state index in [1.807, 2.05) is 0 Å². The Hall–Kier alpha value is -1.61. The number of hydrogen-bond acceptors (Lipinski definition) is 5. The third-order valence-electron chi connectivity index (χ3n) is 3.58. The Morgan fingerprint density at radius 1 is 1.45 bits per heavy atom. The van der Waals surface area contributed by atoms with Crippen LogP contribution in [-0.2, 0) is 24.2 Å². The van der Waals surface area contributed by atoms with E-state index < -0.39 is 55.3 Å². The lowest BCUT2D eigenvalue weighted by Crippen LogP contribution is -2.59. The number of nitrogens with zero attached hydrogens (tertiary/aromatic N) is 1. The second-order valence-corrected chi connectivity index (χ2v) is 7.47. The molecule has 20 heavy (non-hydrogen) atoms. The molecule has 0 radical (unpaired) electrons. The van der Waals surface area contributed by atoms with Crippen LogP contribution in [0.3, 0.4) is 0 Å². The van der Waals surface area contributed by atoms with Gasteiger partial charge in [-0.2, -0.15) is 0 Å². The van der Waals surface area contributed by atoms with E-state index in [0.717, 1.165) is 6.92 Å². The second kappa shape index (κ2) is 4.19. The van der Waals surface area contributed by atoms with Crippen molar-refractivity contribution in [2.24, 2.45) is 0 Å². The number of sulfone groups is 1. The van der Waals surface area contributed by atoms with E-state index in [2.05, 4.69) is 0 Å². The molecule has 0 bridgehead atoms. The van der Waals surface area contributed by atoms with E-state index in [0.29, 0.717) is 11.0 Å². The molecule has 0 aromatic heterocycles. The summed E-state index contributed by atoms with van der Waals surface area (Å²) in [5.41, 5.74) is -0.447. The first-order chi connectivity index (χ1) is 9.09. The highest BCUT2D eigenvalue weighted by molar-refractivity contribution is 7.94. The van der Waals surface area contributed by atoms with Crippen molar-refractivity contribution >= 4 is 39.3 Å². The molecule has 0 saturated carbocycles. The van der Waals surface area contributed by atoms with Gasteiger partial charge >= 0.3 is 11.9 Å². The van der Waals surface area contributed by atoms with Crippen LogP contribution in [0.1, 0.15) is 6.92 Å². The average Bonchev–Trinajstić information content (AvgIpc) is 2.50. The van der Waals surface area contributed by atoms with Crippen molar-refractivity contribution in [2.45, 2.75) is 23.1 Å². The lowest BCUT2D eigenvalue weighted by molar-refractivity contribution is -0.152. The zero-order valence-electron chi connectivity index (χ0n) is 10.1. The lowest BCUT2D eigenvalue weighted by atomic mass is 9.95. The van der Waals surface area contributed by atoms with Crippen LogP contribution in [0.4, 0.5) is 0 Å². The fourth-order valence-corrected chi connectivity index (χ4v) is 5.32. The first kappa shape index (κ1) is 14.8. The molecule has 10 heteroatoms. The van der Waals surface area contributed by atoms with Gasteiger partial charge in [0, 0.05) is 12.0 Å². The van der Waals surface area contributed by atoms with Crippen molar-refractivity contribution < 1.29 is 33.0 Å². The Balaban J connectivity index is 2.64. The van der Waals surface area contributed by atoms with Crippen molar-refractivity contribution in [3.8, 4) is 0 Å². The van der Waals surface area contributed by atoms with Crippen LogP contribution in [0.2, 0.25) is 0 Å². The van der Waals surface area contributed by atoms with Crippen molar-refractivity contribution in [2.75, 3.05) is 5.88 Å². The summed E-state index contributed by atoms with van der Waals surface area (Å²) < 4.78 is 22.9. The van der Waals surface area contributed by atoms with Gasteiger partial charge in [0.05, 0.1) is 5.57 Å².